The first kappa shape index (κ1) is 26.6. The zero-order chi connectivity index (χ0) is 24.6. The Morgan fingerprint density at radius 3 is 1.88 bits per heavy atom. The molecule has 5 heteroatoms. The molecule has 0 heterocycles. The number of carbonyl (C=O) groups excluding carboxylic acids is 1. The van der Waals surface area contributed by atoms with Gasteiger partial charge in [-0.05, 0) is 63.5 Å². The van der Waals surface area contributed by atoms with E-state index in [1.54, 1.807) is 11.9 Å². The van der Waals surface area contributed by atoms with Gasteiger partial charge in [-0.2, -0.15) is 0 Å². The highest BCUT2D eigenvalue weighted by molar-refractivity contribution is 5.69. The third kappa shape index (κ3) is 6.46. The fraction of sp³-hybridized carbons (Fsp3) is 0.464. The summed E-state index contributed by atoms with van der Waals surface area (Å²) in [4.78, 5) is 17.1. The Labute approximate surface area is 200 Å². The molecular formula is C28H41N3O2. The zero-order valence-corrected chi connectivity index (χ0v) is 21.3. The van der Waals surface area contributed by atoms with E-state index in [0.717, 1.165) is 17.5 Å². The molecule has 1 atom stereocenters. The van der Waals surface area contributed by atoms with E-state index >= 15 is 0 Å². The van der Waals surface area contributed by atoms with Gasteiger partial charge in [-0.3, -0.25) is 0 Å². The molecule has 0 spiro atoms. The number of hydrogen-bond donors (Lipinski definition) is 1. The van der Waals surface area contributed by atoms with Crippen LogP contribution in [-0.2, 0) is 10.2 Å². The van der Waals surface area contributed by atoms with Crippen molar-refractivity contribution in [3.63, 3.8) is 0 Å². The van der Waals surface area contributed by atoms with Gasteiger partial charge in [0, 0.05) is 19.6 Å². The van der Waals surface area contributed by atoms with Crippen molar-refractivity contribution in [2.24, 2.45) is 11.1 Å². The number of ether oxygens (including phenoxy) is 1. The van der Waals surface area contributed by atoms with Gasteiger partial charge in [-0.15, -0.1) is 0 Å². The van der Waals surface area contributed by atoms with E-state index in [1.165, 1.54) is 0 Å². The van der Waals surface area contributed by atoms with Crippen LogP contribution >= 0.6 is 0 Å². The van der Waals surface area contributed by atoms with Crippen molar-refractivity contribution >= 4 is 6.09 Å². The number of nitrogens with two attached hydrogens (primary N) is 1. The van der Waals surface area contributed by atoms with E-state index in [1.807, 2.05) is 63.2 Å². The second kappa shape index (κ2) is 11.5. The van der Waals surface area contributed by atoms with Crippen LogP contribution in [0.1, 0.15) is 45.2 Å². The molecule has 0 bridgehead atoms. The third-order valence-corrected chi connectivity index (χ3v) is 6.43. The number of allylic oxidation sites excluding steroid dienone is 2. The Morgan fingerprint density at radius 1 is 1.00 bits per heavy atom. The first-order valence-electron chi connectivity index (χ1n) is 11.6. The summed E-state index contributed by atoms with van der Waals surface area (Å²) >= 11 is 0. The van der Waals surface area contributed by atoms with Crippen LogP contribution in [0.5, 0.6) is 0 Å². The van der Waals surface area contributed by atoms with E-state index in [0.29, 0.717) is 18.8 Å². The fourth-order valence-corrected chi connectivity index (χ4v) is 4.19. The Bertz CT molecular complexity index is 868. The van der Waals surface area contributed by atoms with Gasteiger partial charge in [0.2, 0.25) is 0 Å². The van der Waals surface area contributed by atoms with Gasteiger partial charge in [-0.1, -0.05) is 74.5 Å². The van der Waals surface area contributed by atoms with Gasteiger partial charge in [0.05, 0.1) is 5.41 Å². The SMILES string of the molecule is C/C=C(\OC(=O)N(C)CC(C)(C)CN)C(CC(C)N(C)C)(c1ccccc1)c1ccccc1. The lowest BCUT2D eigenvalue weighted by atomic mass is 9.68. The van der Waals surface area contributed by atoms with Crippen LogP contribution in [0.25, 0.3) is 0 Å². The van der Waals surface area contributed by atoms with Gasteiger partial charge in [-0.25, -0.2) is 4.79 Å². The van der Waals surface area contributed by atoms with Gasteiger partial charge < -0.3 is 20.3 Å². The summed E-state index contributed by atoms with van der Waals surface area (Å²) in [7, 11) is 5.92. The number of carbonyl (C=O) groups is 1. The van der Waals surface area contributed by atoms with Crippen molar-refractivity contribution in [2.75, 3.05) is 34.2 Å². The number of nitrogens with zero attached hydrogens (tertiary/aromatic N) is 2. The molecule has 0 fully saturated rings. The minimum absolute atomic E-state index is 0.195. The molecule has 2 N–H and O–H groups in total. The van der Waals surface area contributed by atoms with E-state index in [9.17, 15) is 4.79 Å². The van der Waals surface area contributed by atoms with E-state index < -0.39 is 5.41 Å². The molecule has 2 aromatic carbocycles. The first-order valence-corrected chi connectivity index (χ1v) is 11.6. The molecule has 1 amide bonds. The number of hydrogen-bond acceptors (Lipinski definition) is 4. The summed E-state index contributed by atoms with van der Waals surface area (Å²) in [5.74, 6) is 0.635. The van der Waals surface area contributed by atoms with Crippen molar-refractivity contribution in [3.8, 4) is 0 Å². The number of benzene rings is 2. The summed E-state index contributed by atoms with van der Waals surface area (Å²) in [6.07, 6.45) is 2.31. The van der Waals surface area contributed by atoms with Crippen LogP contribution in [0, 0.1) is 5.41 Å². The summed E-state index contributed by atoms with van der Waals surface area (Å²) in [5, 5.41) is 0. The lowest BCUT2D eigenvalue weighted by Gasteiger charge is -2.40. The minimum Gasteiger partial charge on any atom is -0.414 e. The zero-order valence-electron chi connectivity index (χ0n) is 21.3. The smallest absolute Gasteiger partial charge is 0.414 e. The van der Waals surface area contributed by atoms with E-state index in [4.69, 9.17) is 10.5 Å². The van der Waals surface area contributed by atoms with Gasteiger partial charge >= 0.3 is 6.09 Å². The summed E-state index contributed by atoms with van der Waals surface area (Å²) in [5.41, 5.74) is 7.26. The molecule has 1 unspecified atom stereocenters. The van der Waals surface area contributed by atoms with E-state index in [2.05, 4.69) is 50.2 Å². The normalized spacial score (nSPS) is 13.7. The van der Waals surface area contributed by atoms with Crippen LogP contribution in [0.15, 0.2) is 72.5 Å². The standard InChI is InChI=1S/C28H41N3O2/c1-8-25(33-26(32)31(7)21-27(3,4)20-29)28(19-22(2)30(5)6,23-15-11-9-12-16-23)24-17-13-10-14-18-24/h8-18,22H,19-21,29H2,1-7H3/b25-8-. The highest BCUT2D eigenvalue weighted by Gasteiger charge is 2.42. The molecule has 33 heavy (non-hydrogen) atoms. The monoisotopic (exact) mass is 451 g/mol. The van der Waals surface area contributed by atoms with Crippen LogP contribution in [0.4, 0.5) is 4.79 Å². The molecule has 2 aromatic rings. The average Bonchev–Trinajstić information content (AvgIpc) is 2.81. The van der Waals surface area contributed by atoms with Gasteiger partial charge in [0.15, 0.2) is 0 Å². The predicted molar refractivity (Wildman–Crippen MR) is 137 cm³/mol. The molecule has 180 valence electrons. The molecular weight excluding hydrogens is 410 g/mol. The molecule has 0 aliphatic carbocycles. The maximum atomic E-state index is 13.2. The van der Waals surface area contributed by atoms with Crippen LogP contribution in [0.2, 0.25) is 0 Å². The lowest BCUT2D eigenvalue weighted by Crippen LogP contribution is -2.43. The second-order valence-corrected chi connectivity index (χ2v) is 9.90. The van der Waals surface area contributed by atoms with Crippen molar-refractivity contribution in [1.82, 2.24) is 9.80 Å². The predicted octanol–water partition coefficient (Wildman–Crippen LogP) is 5.27. The molecule has 0 saturated carbocycles. The topological polar surface area (TPSA) is 58.8 Å². The van der Waals surface area contributed by atoms with Crippen LogP contribution < -0.4 is 5.73 Å². The molecule has 0 aromatic heterocycles. The molecule has 5 nitrogen and oxygen atoms in total. The maximum Gasteiger partial charge on any atom is 0.414 e. The Morgan fingerprint density at radius 2 is 1.48 bits per heavy atom. The van der Waals surface area contributed by atoms with E-state index in [-0.39, 0.29) is 17.6 Å². The van der Waals surface area contributed by atoms with Crippen molar-refractivity contribution in [1.29, 1.82) is 0 Å². The largest absolute Gasteiger partial charge is 0.414 e. The summed E-state index contributed by atoms with van der Waals surface area (Å²) < 4.78 is 6.20. The number of rotatable bonds is 10. The van der Waals surface area contributed by atoms with Crippen molar-refractivity contribution < 1.29 is 9.53 Å². The highest BCUT2D eigenvalue weighted by Crippen LogP contribution is 2.44. The maximum absolute atomic E-state index is 13.2. The van der Waals surface area contributed by atoms with Crippen molar-refractivity contribution in [2.45, 2.75) is 45.6 Å². The van der Waals surface area contributed by atoms with Crippen LogP contribution in [0.3, 0.4) is 0 Å². The lowest BCUT2D eigenvalue weighted by molar-refractivity contribution is 0.108. The Kier molecular flexibility index (Phi) is 9.26. The number of amides is 1. The quantitative estimate of drug-likeness (QED) is 0.500. The summed E-state index contributed by atoms with van der Waals surface area (Å²) in [6.45, 7) is 9.23. The first-order chi connectivity index (χ1) is 15.6. The van der Waals surface area contributed by atoms with Crippen molar-refractivity contribution in [3.05, 3.63) is 83.6 Å². The highest BCUT2D eigenvalue weighted by atomic mass is 16.6. The molecule has 0 saturated heterocycles. The molecule has 0 aliphatic heterocycles. The fourth-order valence-electron chi connectivity index (χ4n) is 4.19. The molecule has 0 aliphatic rings. The Hall–Kier alpha value is -2.63. The third-order valence-electron chi connectivity index (χ3n) is 6.43. The second-order valence-electron chi connectivity index (χ2n) is 9.90. The van der Waals surface area contributed by atoms with Crippen LogP contribution in [-0.4, -0.2) is 56.2 Å². The Balaban J connectivity index is 2.60. The molecule has 0 radical (unpaired) electrons. The summed E-state index contributed by atoms with van der Waals surface area (Å²) in [6, 6.07) is 20.9. The van der Waals surface area contributed by atoms with Gasteiger partial charge in [0.25, 0.3) is 0 Å². The van der Waals surface area contributed by atoms with Gasteiger partial charge in [0.1, 0.15) is 5.76 Å². The molecule has 2 rings (SSSR count). The average molecular weight is 452 g/mol. The minimum atomic E-state index is -0.624.